The Bertz CT molecular complexity index is 273. The van der Waals surface area contributed by atoms with E-state index in [-0.39, 0.29) is 6.61 Å². The molecule has 0 aliphatic heterocycles. The number of aliphatic hydroxyl groups excluding tert-OH is 1. The molecule has 9 N–H and O–H groups in total. The maximum absolute atomic E-state index is 8.58. The van der Waals surface area contributed by atoms with Gasteiger partial charge in [0.15, 0.2) is 0 Å². The van der Waals surface area contributed by atoms with Gasteiger partial charge in [0, 0.05) is 18.7 Å². The summed E-state index contributed by atoms with van der Waals surface area (Å²) in [5.74, 6) is 0.823. The normalized spacial score (nSPS) is 8.00. The lowest BCUT2D eigenvalue weighted by atomic mass is 10.2. The molecule has 0 saturated heterocycles. The average molecular weight is 287 g/mol. The van der Waals surface area contributed by atoms with E-state index in [0.29, 0.717) is 13.2 Å². The van der Waals surface area contributed by atoms with Crippen molar-refractivity contribution in [2.75, 3.05) is 34.4 Å². The lowest BCUT2D eigenvalue weighted by molar-refractivity contribution is 0.252. The van der Waals surface area contributed by atoms with Crippen LogP contribution in [0.25, 0.3) is 0 Å². The first-order chi connectivity index (χ1) is 9.88. The smallest absolute Gasteiger partial charge is 0.123 e. The van der Waals surface area contributed by atoms with E-state index < -0.39 is 0 Å². The number of hydrogen-bond acceptors (Lipinski definition) is 6. The van der Waals surface area contributed by atoms with Crippen molar-refractivity contribution in [3.05, 3.63) is 29.8 Å². The van der Waals surface area contributed by atoms with Gasteiger partial charge in [0.05, 0.1) is 6.61 Å². The SMILES string of the molecule is CN.CN.CN.NCc1c[c]ccc1OCCCCO. The van der Waals surface area contributed by atoms with Gasteiger partial charge in [-0.05, 0) is 52.2 Å². The molecule has 0 spiro atoms. The number of benzene rings is 1. The maximum atomic E-state index is 8.58. The van der Waals surface area contributed by atoms with Gasteiger partial charge in [-0.15, -0.1) is 0 Å². The summed E-state index contributed by atoms with van der Waals surface area (Å²) in [5.41, 5.74) is 20.0. The summed E-state index contributed by atoms with van der Waals surface area (Å²) in [6.45, 7) is 1.31. The van der Waals surface area contributed by atoms with Crippen LogP contribution in [0.5, 0.6) is 5.75 Å². The Morgan fingerprint density at radius 1 is 1.10 bits per heavy atom. The molecular formula is C14H31N4O2. The molecule has 1 radical (unpaired) electrons. The van der Waals surface area contributed by atoms with Gasteiger partial charge in [-0.1, -0.05) is 6.07 Å². The van der Waals surface area contributed by atoms with Crippen molar-refractivity contribution >= 4 is 0 Å². The number of ether oxygens (including phenoxy) is 1. The predicted octanol–water partition coefficient (Wildman–Crippen LogP) is -0.179. The van der Waals surface area contributed by atoms with Crippen LogP contribution in [0.1, 0.15) is 18.4 Å². The first-order valence-electron chi connectivity index (χ1n) is 6.54. The minimum Gasteiger partial charge on any atom is -0.493 e. The van der Waals surface area contributed by atoms with Gasteiger partial charge in [0.2, 0.25) is 0 Å². The molecule has 0 fully saturated rings. The third-order valence-electron chi connectivity index (χ3n) is 1.93. The van der Waals surface area contributed by atoms with Gasteiger partial charge in [0.1, 0.15) is 5.75 Å². The Balaban J connectivity index is -0.000000425. The lowest BCUT2D eigenvalue weighted by Gasteiger charge is -2.09. The van der Waals surface area contributed by atoms with Crippen molar-refractivity contribution in [1.29, 1.82) is 0 Å². The van der Waals surface area contributed by atoms with E-state index in [9.17, 15) is 0 Å². The second-order valence-electron chi connectivity index (χ2n) is 3.02. The third kappa shape index (κ3) is 13.3. The van der Waals surface area contributed by atoms with E-state index in [0.717, 1.165) is 24.2 Å². The molecular weight excluding hydrogens is 256 g/mol. The van der Waals surface area contributed by atoms with E-state index in [4.69, 9.17) is 15.6 Å². The van der Waals surface area contributed by atoms with E-state index in [1.165, 1.54) is 21.1 Å². The molecule has 1 aromatic carbocycles. The Hall–Kier alpha value is -1.18. The molecule has 0 atom stereocenters. The lowest BCUT2D eigenvalue weighted by Crippen LogP contribution is -2.04. The number of nitrogens with two attached hydrogens (primary N) is 4. The molecule has 119 valence electrons. The van der Waals surface area contributed by atoms with Crippen LogP contribution >= 0.6 is 0 Å². The van der Waals surface area contributed by atoms with Crippen LogP contribution in [0.15, 0.2) is 18.2 Å². The summed E-state index contributed by atoms with van der Waals surface area (Å²) >= 11 is 0. The zero-order valence-corrected chi connectivity index (χ0v) is 12.9. The first-order valence-corrected chi connectivity index (χ1v) is 6.54. The summed E-state index contributed by atoms with van der Waals surface area (Å²) in [5, 5.41) is 8.58. The summed E-state index contributed by atoms with van der Waals surface area (Å²) in [4.78, 5) is 0. The van der Waals surface area contributed by atoms with Gasteiger partial charge in [0.25, 0.3) is 0 Å². The van der Waals surface area contributed by atoms with Crippen molar-refractivity contribution in [2.45, 2.75) is 19.4 Å². The monoisotopic (exact) mass is 287 g/mol. The van der Waals surface area contributed by atoms with Gasteiger partial charge in [-0.3, -0.25) is 0 Å². The molecule has 0 heterocycles. The largest absolute Gasteiger partial charge is 0.493 e. The van der Waals surface area contributed by atoms with Crippen LogP contribution in [-0.2, 0) is 6.54 Å². The highest BCUT2D eigenvalue weighted by atomic mass is 16.5. The zero-order valence-electron chi connectivity index (χ0n) is 12.9. The number of rotatable bonds is 6. The molecule has 0 amide bonds. The predicted molar refractivity (Wildman–Crippen MR) is 85.3 cm³/mol. The van der Waals surface area contributed by atoms with Crippen molar-refractivity contribution in [3.8, 4) is 5.75 Å². The Morgan fingerprint density at radius 3 is 2.20 bits per heavy atom. The summed E-state index contributed by atoms with van der Waals surface area (Å²) < 4.78 is 5.52. The summed E-state index contributed by atoms with van der Waals surface area (Å²) in [6.07, 6.45) is 1.63. The van der Waals surface area contributed by atoms with Crippen LogP contribution < -0.4 is 27.7 Å². The van der Waals surface area contributed by atoms with E-state index in [2.05, 4.69) is 23.3 Å². The molecule has 0 aliphatic carbocycles. The molecule has 6 heteroatoms. The fraction of sp³-hybridized carbons (Fsp3) is 0.571. The van der Waals surface area contributed by atoms with Gasteiger partial charge < -0.3 is 32.8 Å². The molecule has 0 aliphatic rings. The number of aliphatic hydroxyl groups is 1. The highest BCUT2D eigenvalue weighted by Crippen LogP contribution is 2.16. The van der Waals surface area contributed by atoms with Crippen LogP contribution in [0, 0.1) is 6.07 Å². The van der Waals surface area contributed by atoms with E-state index >= 15 is 0 Å². The quantitative estimate of drug-likeness (QED) is 0.461. The number of unbranched alkanes of at least 4 members (excludes halogenated alkanes) is 1. The molecule has 1 aromatic rings. The standard InChI is InChI=1S/C11H16NO2.3CH5N/c12-9-10-5-1-2-6-11(10)14-8-4-3-7-13;3*1-2/h2,5-6,13H,3-4,7-9,12H2;3*2H2,1H3. The van der Waals surface area contributed by atoms with Crippen molar-refractivity contribution in [3.63, 3.8) is 0 Å². The fourth-order valence-electron chi connectivity index (χ4n) is 1.15. The van der Waals surface area contributed by atoms with Gasteiger partial charge in [-0.2, -0.15) is 0 Å². The highest BCUT2D eigenvalue weighted by molar-refractivity contribution is 5.32. The fourth-order valence-corrected chi connectivity index (χ4v) is 1.15. The van der Waals surface area contributed by atoms with Crippen LogP contribution in [-0.4, -0.2) is 39.5 Å². The molecule has 0 saturated carbocycles. The third-order valence-corrected chi connectivity index (χ3v) is 1.93. The Labute approximate surface area is 123 Å². The van der Waals surface area contributed by atoms with Crippen LogP contribution in [0.4, 0.5) is 0 Å². The van der Waals surface area contributed by atoms with Crippen molar-refractivity contribution < 1.29 is 9.84 Å². The van der Waals surface area contributed by atoms with Crippen LogP contribution in [0.3, 0.4) is 0 Å². The summed E-state index contributed by atoms with van der Waals surface area (Å²) in [7, 11) is 4.50. The highest BCUT2D eigenvalue weighted by Gasteiger charge is 1.99. The minimum atomic E-state index is 0.218. The zero-order chi connectivity index (χ0) is 16.2. The first kappa shape index (κ1) is 23.9. The van der Waals surface area contributed by atoms with Gasteiger partial charge >= 0.3 is 0 Å². The maximum Gasteiger partial charge on any atom is 0.123 e. The molecule has 0 bridgehead atoms. The van der Waals surface area contributed by atoms with Crippen molar-refractivity contribution in [1.82, 2.24) is 0 Å². The molecule has 0 unspecified atom stereocenters. The van der Waals surface area contributed by atoms with Gasteiger partial charge in [-0.25, -0.2) is 0 Å². The van der Waals surface area contributed by atoms with Crippen LogP contribution in [0.2, 0.25) is 0 Å². The van der Waals surface area contributed by atoms with E-state index in [1.807, 2.05) is 12.1 Å². The average Bonchev–Trinajstić information content (AvgIpc) is 2.57. The molecule has 0 aromatic heterocycles. The number of hydrogen-bond donors (Lipinski definition) is 5. The Kier molecular flexibility index (Phi) is 27.4. The second-order valence-corrected chi connectivity index (χ2v) is 3.02. The minimum absolute atomic E-state index is 0.218. The summed E-state index contributed by atoms with van der Waals surface area (Å²) in [6, 6.07) is 8.46. The topological polar surface area (TPSA) is 134 Å². The molecule has 20 heavy (non-hydrogen) atoms. The van der Waals surface area contributed by atoms with Crippen molar-refractivity contribution in [2.24, 2.45) is 22.9 Å². The molecule has 6 nitrogen and oxygen atoms in total. The second kappa shape index (κ2) is 23.0. The Morgan fingerprint density at radius 2 is 1.70 bits per heavy atom. The molecule has 1 rings (SSSR count). The van der Waals surface area contributed by atoms with E-state index in [1.54, 1.807) is 6.07 Å².